The minimum Gasteiger partial charge on any atom is -0.380 e. The number of rotatable bonds is 3. The molecule has 3 rings (SSSR count). The molecule has 0 amide bonds. The Balaban J connectivity index is 1.87. The number of hydrogen-bond acceptors (Lipinski definition) is 2. The fourth-order valence-corrected chi connectivity index (χ4v) is 2.97. The molecular weight excluding hydrogens is 336 g/mol. The van der Waals surface area contributed by atoms with E-state index < -0.39 is 0 Å². The Bertz CT molecular complexity index is 753. The highest BCUT2D eigenvalue weighted by Crippen LogP contribution is 2.27. The molecule has 0 aliphatic rings. The maximum atomic E-state index is 5.94. The Labute approximate surface area is 130 Å². The van der Waals surface area contributed by atoms with Gasteiger partial charge in [0.1, 0.15) is 0 Å². The van der Waals surface area contributed by atoms with Gasteiger partial charge in [0.25, 0.3) is 0 Å². The third kappa shape index (κ3) is 2.79. The van der Waals surface area contributed by atoms with E-state index in [1.807, 2.05) is 42.7 Å². The molecule has 2 nitrogen and oxygen atoms in total. The number of hydrogen-bond donors (Lipinski definition) is 1. The molecule has 1 aromatic heterocycles. The zero-order valence-corrected chi connectivity index (χ0v) is 12.9. The van der Waals surface area contributed by atoms with Gasteiger partial charge >= 0.3 is 0 Å². The van der Waals surface area contributed by atoms with Crippen LogP contribution in [0.3, 0.4) is 0 Å². The van der Waals surface area contributed by atoms with Crippen LogP contribution in [-0.4, -0.2) is 4.98 Å². The van der Waals surface area contributed by atoms with E-state index in [2.05, 4.69) is 38.4 Å². The molecule has 0 atom stereocenters. The maximum Gasteiger partial charge on any atom is 0.0488 e. The molecule has 0 aliphatic heterocycles. The Morgan fingerprint density at radius 3 is 2.80 bits per heavy atom. The van der Waals surface area contributed by atoms with E-state index in [-0.39, 0.29) is 0 Å². The summed E-state index contributed by atoms with van der Waals surface area (Å²) in [4.78, 5) is 4.29. The second kappa shape index (κ2) is 5.81. The standard InChI is InChI=1S/C16H12BrClN2/c17-15-7-13(18)5-6-16(15)20-10-12-9-19-8-11-3-1-2-4-14(11)12/h1-9,20H,10H2. The van der Waals surface area contributed by atoms with Crippen molar-refractivity contribution in [1.29, 1.82) is 0 Å². The topological polar surface area (TPSA) is 24.9 Å². The summed E-state index contributed by atoms with van der Waals surface area (Å²) in [6.45, 7) is 0.717. The Kier molecular flexibility index (Phi) is 3.90. The van der Waals surface area contributed by atoms with Crippen LogP contribution in [0.2, 0.25) is 5.02 Å². The molecular formula is C16H12BrClN2. The van der Waals surface area contributed by atoms with Gasteiger partial charge in [0.2, 0.25) is 0 Å². The van der Waals surface area contributed by atoms with Crippen molar-refractivity contribution in [2.24, 2.45) is 0 Å². The number of nitrogens with one attached hydrogen (secondary N) is 1. The number of benzene rings is 2. The number of halogens is 2. The first-order chi connectivity index (χ1) is 9.74. The lowest BCUT2D eigenvalue weighted by molar-refractivity contribution is 1.13. The first kappa shape index (κ1) is 13.4. The molecule has 0 fully saturated rings. The van der Waals surface area contributed by atoms with Gasteiger partial charge in [-0.05, 0) is 45.1 Å². The molecule has 1 heterocycles. The zero-order chi connectivity index (χ0) is 13.9. The van der Waals surface area contributed by atoms with Gasteiger partial charge in [0.15, 0.2) is 0 Å². The van der Waals surface area contributed by atoms with Crippen LogP contribution in [0.25, 0.3) is 10.8 Å². The summed E-state index contributed by atoms with van der Waals surface area (Å²) in [5, 5.41) is 6.50. The third-order valence-corrected chi connectivity index (χ3v) is 4.04. The van der Waals surface area contributed by atoms with Crippen molar-refractivity contribution in [1.82, 2.24) is 4.98 Å². The van der Waals surface area contributed by atoms with Crippen LogP contribution >= 0.6 is 27.5 Å². The average molecular weight is 348 g/mol. The molecule has 0 radical (unpaired) electrons. The molecule has 0 saturated carbocycles. The first-order valence-electron chi connectivity index (χ1n) is 6.24. The monoisotopic (exact) mass is 346 g/mol. The smallest absolute Gasteiger partial charge is 0.0488 e. The van der Waals surface area contributed by atoms with Gasteiger partial charge < -0.3 is 5.32 Å². The molecule has 0 spiro atoms. The lowest BCUT2D eigenvalue weighted by Gasteiger charge is -2.10. The normalized spacial score (nSPS) is 10.7. The van der Waals surface area contributed by atoms with Crippen LogP contribution in [0.4, 0.5) is 5.69 Å². The van der Waals surface area contributed by atoms with E-state index in [1.54, 1.807) is 0 Å². The van der Waals surface area contributed by atoms with Gasteiger partial charge in [-0.15, -0.1) is 0 Å². The van der Waals surface area contributed by atoms with Crippen LogP contribution in [-0.2, 0) is 6.54 Å². The Hall–Kier alpha value is -1.58. The van der Waals surface area contributed by atoms with Crippen LogP contribution in [0.15, 0.2) is 59.3 Å². The maximum absolute atomic E-state index is 5.94. The number of nitrogens with zero attached hydrogens (tertiary/aromatic N) is 1. The average Bonchev–Trinajstić information content (AvgIpc) is 2.46. The Morgan fingerprint density at radius 2 is 1.95 bits per heavy atom. The second-order valence-corrected chi connectivity index (χ2v) is 5.79. The lowest BCUT2D eigenvalue weighted by Crippen LogP contribution is -2.01. The van der Waals surface area contributed by atoms with Crippen molar-refractivity contribution >= 4 is 44.0 Å². The van der Waals surface area contributed by atoms with E-state index in [4.69, 9.17) is 11.6 Å². The minimum absolute atomic E-state index is 0.717. The van der Waals surface area contributed by atoms with Gasteiger partial charge in [-0.2, -0.15) is 0 Å². The summed E-state index contributed by atoms with van der Waals surface area (Å²) in [5.41, 5.74) is 2.19. The number of aromatic nitrogens is 1. The highest BCUT2D eigenvalue weighted by molar-refractivity contribution is 9.10. The van der Waals surface area contributed by atoms with E-state index in [1.165, 1.54) is 10.9 Å². The van der Waals surface area contributed by atoms with E-state index in [0.717, 1.165) is 15.5 Å². The molecule has 0 bridgehead atoms. The highest BCUT2D eigenvalue weighted by Gasteiger charge is 2.03. The van der Waals surface area contributed by atoms with Crippen LogP contribution < -0.4 is 5.32 Å². The van der Waals surface area contributed by atoms with Crippen LogP contribution in [0.1, 0.15) is 5.56 Å². The predicted octanol–water partition coefficient (Wildman–Crippen LogP) is 5.26. The van der Waals surface area contributed by atoms with E-state index in [0.29, 0.717) is 11.6 Å². The summed E-state index contributed by atoms with van der Waals surface area (Å²) in [7, 11) is 0. The fourth-order valence-electron chi connectivity index (χ4n) is 2.14. The van der Waals surface area contributed by atoms with Crippen molar-refractivity contribution in [2.75, 3.05) is 5.32 Å². The van der Waals surface area contributed by atoms with E-state index >= 15 is 0 Å². The predicted molar refractivity (Wildman–Crippen MR) is 88.2 cm³/mol. The summed E-state index contributed by atoms with van der Waals surface area (Å²) in [6, 6.07) is 14.0. The van der Waals surface area contributed by atoms with Crippen molar-refractivity contribution in [2.45, 2.75) is 6.54 Å². The van der Waals surface area contributed by atoms with Crippen molar-refractivity contribution in [3.05, 3.63) is 69.9 Å². The van der Waals surface area contributed by atoms with E-state index in [9.17, 15) is 0 Å². The van der Waals surface area contributed by atoms with Crippen molar-refractivity contribution in [3.8, 4) is 0 Å². The third-order valence-electron chi connectivity index (χ3n) is 3.15. The molecule has 20 heavy (non-hydrogen) atoms. The summed E-state index contributed by atoms with van der Waals surface area (Å²) in [5.74, 6) is 0. The molecule has 0 aliphatic carbocycles. The Morgan fingerprint density at radius 1 is 1.10 bits per heavy atom. The molecule has 0 unspecified atom stereocenters. The van der Waals surface area contributed by atoms with Gasteiger partial charge in [-0.3, -0.25) is 4.98 Å². The van der Waals surface area contributed by atoms with Crippen molar-refractivity contribution in [3.63, 3.8) is 0 Å². The highest BCUT2D eigenvalue weighted by atomic mass is 79.9. The van der Waals surface area contributed by atoms with Crippen LogP contribution in [0, 0.1) is 0 Å². The molecule has 1 N–H and O–H groups in total. The van der Waals surface area contributed by atoms with Gasteiger partial charge in [0, 0.05) is 39.5 Å². The number of fused-ring (bicyclic) bond motifs is 1. The quantitative estimate of drug-likeness (QED) is 0.699. The molecule has 3 aromatic rings. The molecule has 0 saturated heterocycles. The van der Waals surface area contributed by atoms with Gasteiger partial charge in [-0.1, -0.05) is 35.9 Å². The van der Waals surface area contributed by atoms with Crippen molar-refractivity contribution < 1.29 is 0 Å². The second-order valence-electron chi connectivity index (χ2n) is 4.50. The molecule has 4 heteroatoms. The summed E-state index contributed by atoms with van der Waals surface area (Å²) in [6.07, 6.45) is 3.79. The van der Waals surface area contributed by atoms with Gasteiger partial charge in [0.05, 0.1) is 0 Å². The number of pyridine rings is 1. The largest absolute Gasteiger partial charge is 0.380 e. The summed E-state index contributed by atoms with van der Waals surface area (Å²) >= 11 is 9.45. The molecule has 2 aromatic carbocycles. The van der Waals surface area contributed by atoms with Gasteiger partial charge in [-0.25, -0.2) is 0 Å². The first-order valence-corrected chi connectivity index (χ1v) is 7.42. The zero-order valence-electron chi connectivity index (χ0n) is 10.6. The SMILES string of the molecule is Clc1ccc(NCc2cncc3ccccc23)c(Br)c1. The fraction of sp³-hybridized carbons (Fsp3) is 0.0625. The molecule has 100 valence electrons. The van der Waals surface area contributed by atoms with Crippen LogP contribution in [0.5, 0.6) is 0 Å². The number of anilines is 1. The lowest BCUT2D eigenvalue weighted by atomic mass is 10.1. The minimum atomic E-state index is 0.717. The summed E-state index contributed by atoms with van der Waals surface area (Å²) < 4.78 is 0.957.